The Labute approximate surface area is 259 Å². The molecule has 0 aromatic heterocycles. The predicted octanol–water partition coefficient (Wildman–Crippen LogP) is 6.87. The predicted molar refractivity (Wildman–Crippen MR) is 181 cm³/mol. The van der Waals surface area contributed by atoms with Crippen molar-refractivity contribution in [2.24, 2.45) is 5.41 Å². The highest BCUT2D eigenvalue weighted by atomic mass is 32.2. The third-order valence-corrected chi connectivity index (χ3v) is 9.33. The fourth-order valence-electron chi connectivity index (χ4n) is 6.02. The summed E-state index contributed by atoms with van der Waals surface area (Å²) in [7, 11) is 3.25. The van der Waals surface area contributed by atoms with Crippen LogP contribution < -0.4 is 5.32 Å². The summed E-state index contributed by atoms with van der Waals surface area (Å²) in [6, 6.07) is 8.68. The van der Waals surface area contributed by atoms with Crippen molar-refractivity contribution in [2.75, 3.05) is 51.8 Å². The molecule has 2 unspecified atom stereocenters. The van der Waals surface area contributed by atoms with E-state index in [1.165, 1.54) is 43.2 Å². The van der Waals surface area contributed by atoms with Crippen molar-refractivity contribution in [2.45, 2.75) is 84.2 Å². The largest absolute Gasteiger partial charge is 0.378 e. The SMILES string of the molecule is C=C\C(C)=C/C(=C(/C=C(\N(C)C)N1CCN(C2CCC(C)(C)C2)CC1)CC)[C@@H](C)Nc1ccccc1S(C)=O.CC=O. The van der Waals surface area contributed by atoms with Gasteiger partial charge in [-0.1, -0.05) is 57.2 Å². The minimum Gasteiger partial charge on any atom is -0.378 e. The normalized spacial score (nSPS) is 21.5. The molecule has 1 heterocycles. The summed E-state index contributed by atoms with van der Waals surface area (Å²) in [6.07, 6.45) is 14.0. The molecular formula is C35H56N4O2S. The maximum Gasteiger partial charge on any atom is 0.116 e. The first-order valence-electron chi connectivity index (χ1n) is 15.4. The lowest BCUT2D eigenvalue weighted by Crippen LogP contribution is -2.50. The molecule has 3 rings (SSSR count). The number of piperazine rings is 1. The Kier molecular flexibility index (Phi) is 14.3. The van der Waals surface area contributed by atoms with Crippen LogP contribution in [0.25, 0.3) is 0 Å². The third kappa shape index (κ3) is 10.3. The van der Waals surface area contributed by atoms with E-state index in [4.69, 9.17) is 4.79 Å². The van der Waals surface area contributed by atoms with Crippen molar-refractivity contribution in [1.82, 2.24) is 14.7 Å². The summed E-state index contributed by atoms with van der Waals surface area (Å²) in [5, 5.41) is 3.67. The third-order valence-electron chi connectivity index (χ3n) is 8.35. The highest BCUT2D eigenvalue weighted by Crippen LogP contribution is 2.39. The van der Waals surface area contributed by atoms with E-state index in [2.05, 4.69) is 87.5 Å². The van der Waals surface area contributed by atoms with Crippen LogP contribution in [-0.4, -0.2) is 83.8 Å². The number of anilines is 1. The smallest absolute Gasteiger partial charge is 0.116 e. The molecule has 234 valence electrons. The minimum atomic E-state index is -1.06. The number of benzene rings is 1. The number of nitrogens with zero attached hydrogens (tertiary/aromatic N) is 3. The van der Waals surface area contributed by atoms with Crippen LogP contribution in [-0.2, 0) is 15.6 Å². The van der Waals surface area contributed by atoms with Crippen LogP contribution in [0.15, 0.2) is 76.5 Å². The van der Waals surface area contributed by atoms with Crippen molar-refractivity contribution in [3.05, 3.63) is 71.6 Å². The fourth-order valence-corrected chi connectivity index (χ4v) is 6.73. The van der Waals surface area contributed by atoms with E-state index in [1.807, 2.05) is 30.3 Å². The molecule has 1 aliphatic heterocycles. The summed E-state index contributed by atoms with van der Waals surface area (Å²) in [5.41, 5.74) is 5.08. The van der Waals surface area contributed by atoms with Gasteiger partial charge in [-0.15, -0.1) is 0 Å². The zero-order valence-electron chi connectivity index (χ0n) is 27.7. The number of hydrogen-bond acceptors (Lipinski definition) is 6. The van der Waals surface area contributed by atoms with Gasteiger partial charge in [0.1, 0.15) is 12.1 Å². The average molecular weight is 597 g/mol. The van der Waals surface area contributed by atoms with Crippen LogP contribution >= 0.6 is 0 Å². The topological polar surface area (TPSA) is 55.9 Å². The van der Waals surface area contributed by atoms with Crippen LogP contribution in [0.3, 0.4) is 0 Å². The Morgan fingerprint density at radius 3 is 2.31 bits per heavy atom. The molecule has 1 saturated carbocycles. The lowest BCUT2D eigenvalue weighted by atomic mass is 9.91. The van der Waals surface area contributed by atoms with E-state index >= 15 is 0 Å². The summed E-state index contributed by atoms with van der Waals surface area (Å²) < 4.78 is 12.4. The van der Waals surface area contributed by atoms with Gasteiger partial charge in [-0.05, 0) is 81.2 Å². The van der Waals surface area contributed by atoms with E-state index in [-0.39, 0.29) is 6.04 Å². The fraction of sp³-hybridized carbons (Fsp3) is 0.571. The second-order valence-corrected chi connectivity index (χ2v) is 13.8. The maximum atomic E-state index is 12.4. The molecule has 7 heteroatoms. The van der Waals surface area contributed by atoms with Crippen LogP contribution in [0.5, 0.6) is 0 Å². The van der Waals surface area contributed by atoms with Gasteiger partial charge < -0.3 is 19.9 Å². The van der Waals surface area contributed by atoms with Gasteiger partial charge in [-0.25, -0.2) is 0 Å². The van der Waals surface area contributed by atoms with Crippen LogP contribution in [0.1, 0.15) is 67.2 Å². The van der Waals surface area contributed by atoms with Crippen molar-refractivity contribution in [1.29, 1.82) is 0 Å². The number of para-hydroxylation sites is 1. The number of carbonyl (C=O) groups is 1. The first kappa shape index (κ1) is 35.6. The molecule has 0 bridgehead atoms. The summed E-state index contributed by atoms with van der Waals surface area (Å²) in [4.78, 5) is 17.2. The highest BCUT2D eigenvalue weighted by Gasteiger charge is 2.35. The zero-order valence-corrected chi connectivity index (χ0v) is 28.5. The number of rotatable bonds is 11. The Bertz CT molecular complexity index is 1160. The Balaban J connectivity index is 0.00000197. The number of carbonyl (C=O) groups excluding carboxylic acids is 1. The van der Waals surface area contributed by atoms with Crippen molar-refractivity contribution >= 4 is 22.8 Å². The van der Waals surface area contributed by atoms with Gasteiger partial charge in [0.2, 0.25) is 0 Å². The summed E-state index contributed by atoms with van der Waals surface area (Å²) in [6.45, 7) is 21.2. The quantitative estimate of drug-likeness (QED) is 0.222. The standard InChI is InChI=1S/C33H52N4OS.C2H4O/c1-10-25(3)22-29(26(4)34-30-14-12-13-15-31(30)39(9)38)27(11-2)23-32(35(7)8)37-20-18-36(19-21-37)28-16-17-33(5,6)24-28;1-2-3/h10,12-15,22-23,26,28,34H,1,11,16-21,24H2,2-9H3;2H,1H3/b25-22-,29-27-,32-23+;/t26-,28?,39?;/m1./s1. The van der Waals surface area contributed by atoms with Gasteiger partial charge in [-0.3, -0.25) is 9.11 Å². The van der Waals surface area contributed by atoms with Crippen LogP contribution in [0.4, 0.5) is 5.69 Å². The van der Waals surface area contributed by atoms with Crippen LogP contribution in [0.2, 0.25) is 0 Å². The molecular weight excluding hydrogens is 540 g/mol. The molecule has 2 fully saturated rings. The van der Waals surface area contributed by atoms with E-state index in [0.29, 0.717) is 5.41 Å². The van der Waals surface area contributed by atoms with Gasteiger partial charge in [0.15, 0.2) is 0 Å². The Morgan fingerprint density at radius 2 is 1.81 bits per heavy atom. The molecule has 1 aromatic carbocycles. The molecule has 42 heavy (non-hydrogen) atoms. The number of hydrogen-bond donors (Lipinski definition) is 1. The molecule has 6 nitrogen and oxygen atoms in total. The monoisotopic (exact) mass is 596 g/mol. The van der Waals surface area contributed by atoms with E-state index < -0.39 is 10.8 Å². The van der Waals surface area contributed by atoms with Crippen molar-refractivity contribution in [3.8, 4) is 0 Å². The van der Waals surface area contributed by atoms with Crippen molar-refractivity contribution in [3.63, 3.8) is 0 Å². The molecule has 1 aromatic rings. The molecule has 3 atom stereocenters. The van der Waals surface area contributed by atoms with Gasteiger partial charge in [-0.2, -0.15) is 0 Å². The molecule has 1 aliphatic carbocycles. The molecule has 0 amide bonds. The number of nitrogens with one attached hydrogen (secondary N) is 1. The molecule has 0 spiro atoms. The second-order valence-electron chi connectivity index (χ2n) is 12.5. The zero-order chi connectivity index (χ0) is 31.4. The first-order chi connectivity index (χ1) is 19.9. The molecule has 1 saturated heterocycles. The lowest BCUT2D eigenvalue weighted by Gasteiger charge is -2.42. The Hall–Kier alpha value is -2.64. The number of aldehydes is 1. The average Bonchev–Trinajstić information content (AvgIpc) is 3.32. The van der Waals surface area contributed by atoms with Gasteiger partial charge in [0.25, 0.3) is 0 Å². The maximum absolute atomic E-state index is 12.4. The summed E-state index contributed by atoms with van der Waals surface area (Å²) in [5.74, 6) is 1.27. The van der Waals surface area contributed by atoms with Crippen LogP contribution in [0, 0.1) is 5.41 Å². The molecule has 1 N–H and O–H groups in total. The number of allylic oxidation sites excluding steroid dienone is 4. The van der Waals surface area contributed by atoms with Gasteiger partial charge >= 0.3 is 0 Å². The molecule has 2 aliphatic rings. The first-order valence-corrected chi connectivity index (χ1v) is 16.9. The van der Waals surface area contributed by atoms with E-state index in [9.17, 15) is 4.21 Å². The molecule has 0 radical (unpaired) electrons. The van der Waals surface area contributed by atoms with Gasteiger partial charge in [0, 0.05) is 58.6 Å². The van der Waals surface area contributed by atoms with E-state index in [0.717, 1.165) is 61.1 Å². The minimum absolute atomic E-state index is 0.0294. The van der Waals surface area contributed by atoms with E-state index in [1.54, 1.807) is 6.26 Å². The van der Waals surface area contributed by atoms with Crippen molar-refractivity contribution < 1.29 is 9.00 Å². The Morgan fingerprint density at radius 1 is 1.19 bits per heavy atom. The second kappa shape index (κ2) is 16.9. The lowest BCUT2D eigenvalue weighted by molar-refractivity contribution is -0.106. The summed E-state index contributed by atoms with van der Waals surface area (Å²) >= 11 is 0. The van der Waals surface area contributed by atoms with Gasteiger partial charge in [0.05, 0.1) is 21.4 Å². The highest BCUT2D eigenvalue weighted by molar-refractivity contribution is 7.84.